The highest BCUT2D eigenvalue weighted by molar-refractivity contribution is 5.38. The number of aromatic nitrogens is 2. The summed E-state index contributed by atoms with van der Waals surface area (Å²) >= 11 is 0. The molecule has 1 aromatic carbocycles. The molecule has 90 valence electrons. The third kappa shape index (κ3) is 2.22. The molecule has 3 nitrogen and oxygen atoms in total. The molecular formula is C13H15FN2O. The van der Waals surface area contributed by atoms with Crippen molar-refractivity contribution in [1.29, 1.82) is 0 Å². The Balaban J connectivity index is 2.43. The summed E-state index contributed by atoms with van der Waals surface area (Å²) in [6.45, 7) is 3.72. The Morgan fingerprint density at radius 1 is 1.41 bits per heavy atom. The second-order valence-corrected chi connectivity index (χ2v) is 4.66. The fourth-order valence-electron chi connectivity index (χ4n) is 1.62. The van der Waals surface area contributed by atoms with Crippen molar-refractivity contribution in [3.63, 3.8) is 0 Å². The van der Waals surface area contributed by atoms with Crippen LogP contribution in [0.3, 0.4) is 0 Å². The molecular weight excluding hydrogens is 219 g/mol. The first-order valence-corrected chi connectivity index (χ1v) is 5.45. The zero-order chi connectivity index (χ0) is 12.5. The first kappa shape index (κ1) is 11.8. The van der Waals surface area contributed by atoms with E-state index in [9.17, 15) is 9.50 Å². The lowest BCUT2D eigenvalue weighted by Gasteiger charge is -2.22. The van der Waals surface area contributed by atoms with Gasteiger partial charge in [0.15, 0.2) is 0 Å². The van der Waals surface area contributed by atoms with Crippen LogP contribution < -0.4 is 0 Å². The maximum atomic E-state index is 13.9. The SMILES string of the molecule is CC(C)(CO)c1ccc(-n2cccn2)c(F)c1. The van der Waals surface area contributed by atoms with E-state index < -0.39 is 5.41 Å². The van der Waals surface area contributed by atoms with E-state index in [0.29, 0.717) is 5.69 Å². The maximum absolute atomic E-state index is 13.9. The number of benzene rings is 1. The summed E-state index contributed by atoms with van der Waals surface area (Å²) in [4.78, 5) is 0. The first-order valence-electron chi connectivity index (χ1n) is 5.45. The number of hydrogen-bond acceptors (Lipinski definition) is 2. The third-order valence-corrected chi connectivity index (χ3v) is 2.88. The molecule has 0 bridgehead atoms. The van der Waals surface area contributed by atoms with Crippen LogP contribution >= 0.6 is 0 Å². The highest BCUT2D eigenvalue weighted by atomic mass is 19.1. The van der Waals surface area contributed by atoms with Crippen LogP contribution in [0.1, 0.15) is 19.4 Å². The van der Waals surface area contributed by atoms with E-state index in [1.54, 1.807) is 24.5 Å². The quantitative estimate of drug-likeness (QED) is 0.884. The van der Waals surface area contributed by atoms with Gasteiger partial charge in [0.05, 0.1) is 6.61 Å². The van der Waals surface area contributed by atoms with Gasteiger partial charge in [0.25, 0.3) is 0 Å². The van der Waals surface area contributed by atoms with Crippen LogP contribution in [-0.2, 0) is 5.41 Å². The van der Waals surface area contributed by atoms with Crippen molar-refractivity contribution < 1.29 is 9.50 Å². The Hall–Kier alpha value is -1.68. The highest BCUT2D eigenvalue weighted by Crippen LogP contribution is 2.25. The van der Waals surface area contributed by atoms with Gasteiger partial charge in [-0.3, -0.25) is 0 Å². The van der Waals surface area contributed by atoms with E-state index in [1.165, 1.54) is 10.7 Å². The van der Waals surface area contributed by atoms with Gasteiger partial charge in [0.2, 0.25) is 0 Å². The second kappa shape index (κ2) is 4.30. The number of aliphatic hydroxyl groups is 1. The van der Waals surface area contributed by atoms with E-state index in [0.717, 1.165) is 5.56 Å². The lowest BCUT2D eigenvalue weighted by molar-refractivity contribution is 0.218. The predicted molar refractivity (Wildman–Crippen MR) is 63.6 cm³/mol. The van der Waals surface area contributed by atoms with Gasteiger partial charge in [-0.25, -0.2) is 9.07 Å². The molecule has 0 spiro atoms. The van der Waals surface area contributed by atoms with E-state index in [2.05, 4.69) is 5.10 Å². The smallest absolute Gasteiger partial charge is 0.149 e. The van der Waals surface area contributed by atoms with Gasteiger partial charge < -0.3 is 5.11 Å². The van der Waals surface area contributed by atoms with Crippen molar-refractivity contribution >= 4 is 0 Å². The molecule has 0 radical (unpaired) electrons. The normalized spacial score (nSPS) is 11.8. The van der Waals surface area contributed by atoms with Gasteiger partial charge in [-0.15, -0.1) is 0 Å². The topological polar surface area (TPSA) is 38.0 Å². The molecule has 0 amide bonds. The summed E-state index contributed by atoms with van der Waals surface area (Å²) in [5.74, 6) is -0.340. The van der Waals surface area contributed by atoms with E-state index >= 15 is 0 Å². The molecule has 0 saturated heterocycles. The zero-order valence-electron chi connectivity index (χ0n) is 9.89. The van der Waals surface area contributed by atoms with Crippen molar-refractivity contribution in [2.45, 2.75) is 19.3 Å². The summed E-state index contributed by atoms with van der Waals surface area (Å²) in [5.41, 5.74) is 0.740. The Morgan fingerprint density at radius 2 is 2.18 bits per heavy atom. The number of rotatable bonds is 3. The van der Waals surface area contributed by atoms with E-state index in [1.807, 2.05) is 19.9 Å². The minimum absolute atomic E-state index is 0.0203. The molecule has 0 unspecified atom stereocenters. The molecule has 1 N–H and O–H groups in total. The van der Waals surface area contributed by atoms with E-state index in [-0.39, 0.29) is 12.4 Å². The summed E-state index contributed by atoms with van der Waals surface area (Å²) in [7, 11) is 0. The van der Waals surface area contributed by atoms with Crippen LogP contribution in [0.2, 0.25) is 0 Å². The molecule has 2 aromatic rings. The predicted octanol–water partition coefficient (Wildman–Crippen LogP) is 2.28. The number of hydrogen-bond donors (Lipinski definition) is 1. The minimum atomic E-state index is -0.441. The molecule has 17 heavy (non-hydrogen) atoms. The van der Waals surface area contributed by atoms with Crippen LogP contribution in [-0.4, -0.2) is 21.5 Å². The van der Waals surface area contributed by atoms with Crippen molar-refractivity contribution in [2.24, 2.45) is 0 Å². The number of nitrogens with zero attached hydrogens (tertiary/aromatic N) is 2. The highest BCUT2D eigenvalue weighted by Gasteiger charge is 2.20. The lowest BCUT2D eigenvalue weighted by Crippen LogP contribution is -2.22. The van der Waals surface area contributed by atoms with Crippen molar-refractivity contribution in [2.75, 3.05) is 6.61 Å². The Bertz CT molecular complexity index is 506. The first-order chi connectivity index (χ1) is 8.04. The number of aliphatic hydroxyl groups excluding tert-OH is 1. The molecule has 0 atom stereocenters. The van der Waals surface area contributed by atoms with Gasteiger partial charge in [-0.2, -0.15) is 5.10 Å². The Labute approximate surface area is 99.5 Å². The summed E-state index contributed by atoms with van der Waals surface area (Å²) in [5, 5.41) is 13.2. The summed E-state index contributed by atoms with van der Waals surface area (Å²) < 4.78 is 15.4. The molecule has 1 heterocycles. The Morgan fingerprint density at radius 3 is 2.71 bits per heavy atom. The van der Waals surface area contributed by atoms with Crippen LogP contribution in [0.4, 0.5) is 4.39 Å². The maximum Gasteiger partial charge on any atom is 0.149 e. The minimum Gasteiger partial charge on any atom is -0.395 e. The second-order valence-electron chi connectivity index (χ2n) is 4.66. The molecule has 2 rings (SSSR count). The van der Waals surface area contributed by atoms with Crippen LogP contribution in [0.5, 0.6) is 0 Å². The lowest BCUT2D eigenvalue weighted by atomic mass is 9.85. The Kier molecular flexibility index (Phi) is 2.98. The standard InChI is InChI=1S/C13H15FN2O/c1-13(2,9-17)10-4-5-12(11(14)8-10)16-7-3-6-15-16/h3-8,17H,9H2,1-2H3. The molecule has 0 fully saturated rings. The van der Waals surface area contributed by atoms with Crippen molar-refractivity contribution in [3.8, 4) is 5.69 Å². The fourth-order valence-corrected chi connectivity index (χ4v) is 1.62. The van der Waals surface area contributed by atoms with E-state index in [4.69, 9.17) is 0 Å². The van der Waals surface area contributed by atoms with Gasteiger partial charge in [-0.05, 0) is 23.8 Å². The van der Waals surface area contributed by atoms with Crippen LogP contribution in [0, 0.1) is 5.82 Å². The van der Waals surface area contributed by atoms with Crippen molar-refractivity contribution in [1.82, 2.24) is 9.78 Å². The summed E-state index contributed by atoms with van der Waals surface area (Å²) in [6.07, 6.45) is 3.29. The average molecular weight is 234 g/mol. The third-order valence-electron chi connectivity index (χ3n) is 2.88. The molecule has 4 heteroatoms. The van der Waals surface area contributed by atoms with Crippen LogP contribution in [0.25, 0.3) is 5.69 Å². The molecule has 0 aliphatic heterocycles. The number of halogens is 1. The van der Waals surface area contributed by atoms with Gasteiger partial charge >= 0.3 is 0 Å². The average Bonchev–Trinajstić information content (AvgIpc) is 2.82. The fraction of sp³-hybridized carbons (Fsp3) is 0.308. The molecule has 0 aliphatic rings. The molecule has 0 aliphatic carbocycles. The summed E-state index contributed by atoms with van der Waals surface area (Å²) in [6, 6.07) is 6.68. The van der Waals surface area contributed by atoms with Crippen LogP contribution in [0.15, 0.2) is 36.7 Å². The monoisotopic (exact) mass is 234 g/mol. The van der Waals surface area contributed by atoms with Gasteiger partial charge in [0, 0.05) is 17.8 Å². The molecule has 1 aromatic heterocycles. The zero-order valence-corrected chi connectivity index (χ0v) is 9.89. The van der Waals surface area contributed by atoms with Crippen molar-refractivity contribution in [3.05, 3.63) is 48.0 Å². The van der Waals surface area contributed by atoms with Gasteiger partial charge in [0.1, 0.15) is 11.5 Å². The molecule has 0 saturated carbocycles. The largest absolute Gasteiger partial charge is 0.395 e. The van der Waals surface area contributed by atoms with Gasteiger partial charge in [-0.1, -0.05) is 19.9 Å².